The molecule has 1 fully saturated rings. The molecule has 1 saturated heterocycles. The monoisotopic (exact) mass is 616 g/mol. The average Bonchev–Trinajstić information content (AvgIpc) is 3.46. The number of likely N-dealkylation sites (tertiary alicyclic amines) is 1. The van der Waals surface area contributed by atoms with E-state index in [1.165, 1.54) is 5.56 Å². The number of esters is 1. The molecule has 1 amide bonds. The maximum Gasteiger partial charge on any atom is 0.306 e. The first-order valence-corrected chi connectivity index (χ1v) is 16.1. The highest BCUT2D eigenvalue weighted by Crippen LogP contribution is 2.35. The Hall–Kier alpha value is -3.78. The smallest absolute Gasteiger partial charge is 0.306 e. The molecule has 0 aliphatic carbocycles. The SMILES string of the molecule is C=CCC(CCC(=O)OC(C)(C)C)n1cc(-c2ccc(CC)c(C)c2/C(C)=C\C(=C\C)C(=N)C(=O)N2CCC(C)(O)CC2)cn1. The van der Waals surface area contributed by atoms with Gasteiger partial charge in [-0.3, -0.25) is 19.7 Å². The Labute approximate surface area is 269 Å². The van der Waals surface area contributed by atoms with Gasteiger partial charge in [-0.25, -0.2) is 0 Å². The van der Waals surface area contributed by atoms with Crippen LogP contribution in [0.3, 0.4) is 0 Å². The van der Waals surface area contributed by atoms with E-state index in [0.717, 1.165) is 34.2 Å². The van der Waals surface area contributed by atoms with Crippen LogP contribution in [0.2, 0.25) is 0 Å². The van der Waals surface area contributed by atoms with Gasteiger partial charge in [0, 0.05) is 36.8 Å². The Balaban J connectivity index is 1.93. The number of rotatable bonds is 12. The molecule has 8 heteroatoms. The molecule has 1 atom stereocenters. The number of benzene rings is 1. The summed E-state index contributed by atoms with van der Waals surface area (Å²) in [4.78, 5) is 27.4. The third kappa shape index (κ3) is 9.36. The number of aryl methyl sites for hydroxylation is 1. The molecule has 3 rings (SSSR count). The number of allylic oxidation sites excluding steroid dienone is 4. The van der Waals surface area contributed by atoms with Crippen LogP contribution in [0.5, 0.6) is 0 Å². The number of aliphatic hydroxyl groups is 1. The zero-order valence-electron chi connectivity index (χ0n) is 28.5. The Morgan fingerprint density at radius 1 is 1.24 bits per heavy atom. The highest BCUT2D eigenvalue weighted by Gasteiger charge is 2.31. The van der Waals surface area contributed by atoms with Crippen molar-refractivity contribution in [1.29, 1.82) is 5.41 Å². The van der Waals surface area contributed by atoms with E-state index in [1.54, 1.807) is 11.8 Å². The van der Waals surface area contributed by atoms with E-state index in [9.17, 15) is 14.7 Å². The van der Waals surface area contributed by atoms with E-state index < -0.39 is 11.2 Å². The molecule has 1 unspecified atom stereocenters. The minimum atomic E-state index is -0.769. The number of piperidine rings is 1. The van der Waals surface area contributed by atoms with Crippen molar-refractivity contribution in [2.24, 2.45) is 0 Å². The molecule has 0 spiro atoms. The van der Waals surface area contributed by atoms with Crippen molar-refractivity contribution in [3.8, 4) is 11.1 Å². The van der Waals surface area contributed by atoms with Crippen molar-refractivity contribution in [2.75, 3.05) is 13.1 Å². The van der Waals surface area contributed by atoms with E-state index in [-0.39, 0.29) is 30.1 Å². The van der Waals surface area contributed by atoms with Gasteiger partial charge >= 0.3 is 5.97 Å². The number of amides is 1. The standard InChI is InChI=1S/C37H52N4O4/c1-10-13-30(15-17-32(42)45-36(6,7)8)41-24-29(23-39-41)31-16-14-27(11-2)26(5)33(31)25(4)22-28(12-3)34(38)35(43)40-20-18-37(9,44)19-21-40/h10,12,14,16,22-24,30,38,44H,1,11,13,15,17-21H2,2-9H3/b25-22-,28-12-,38-34?. The van der Waals surface area contributed by atoms with Crippen molar-refractivity contribution < 1.29 is 19.4 Å². The average molecular weight is 617 g/mol. The summed E-state index contributed by atoms with van der Waals surface area (Å²) in [7, 11) is 0. The summed E-state index contributed by atoms with van der Waals surface area (Å²) in [6.07, 6.45) is 12.9. The molecule has 1 aliphatic rings. The molecule has 0 saturated carbocycles. The second-order valence-corrected chi connectivity index (χ2v) is 13.4. The van der Waals surface area contributed by atoms with E-state index in [1.807, 2.05) is 69.9 Å². The fourth-order valence-corrected chi connectivity index (χ4v) is 5.87. The summed E-state index contributed by atoms with van der Waals surface area (Å²) in [5.74, 6) is -0.545. The van der Waals surface area contributed by atoms with Gasteiger partial charge in [-0.1, -0.05) is 31.2 Å². The number of nitrogens with zero attached hydrogens (tertiary/aromatic N) is 3. The Bertz CT molecular complexity index is 1460. The van der Waals surface area contributed by atoms with E-state index in [2.05, 4.69) is 32.6 Å². The lowest BCUT2D eigenvalue weighted by Gasteiger charge is -2.35. The van der Waals surface area contributed by atoms with Crippen molar-refractivity contribution in [3.63, 3.8) is 0 Å². The molecule has 2 aromatic rings. The summed E-state index contributed by atoms with van der Waals surface area (Å²) >= 11 is 0. The van der Waals surface area contributed by atoms with Crippen molar-refractivity contribution in [2.45, 2.75) is 111 Å². The van der Waals surface area contributed by atoms with Gasteiger partial charge < -0.3 is 14.7 Å². The first-order chi connectivity index (χ1) is 21.1. The molecular weight excluding hydrogens is 564 g/mol. The largest absolute Gasteiger partial charge is 0.460 e. The predicted octanol–water partition coefficient (Wildman–Crippen LogP) is 7.40. The number of carbonyl (C=O) groups is 2. The van der Waals surface area contributed by atoms with Gasteiger partial charge in [-0.15, -0.1) is 6.58 Å². The van der Waals surface area contributed by atoms with Crippen LogP contribution in [0.4, 0.5) is 0 Å². The van der Waals surface area contributed by atoms with Gasteiger partial charge in [-0.05, 0) is 114 Å². The second-order valence-electron chi connectivity index (χ2n) is 13.4. The number of carbonyl (C=O) groups excluding carboxylic acids is 2. The summed E-state index contributed by atoms with van der Waals surface area (Å²) in [6.45, 7) is 20.3. The highest BCUT2D eigenvalue weighted by molar-refractivity contribution is 6.44. The van der Waals surface area contributed by atoms with Crippen LogP contribution >= 0.6 is 0 Å². The number of hydrogen-bond donors (Lipinski definition) is 2. The molecule has 0 bridgehead atoms. The molecule has 45 heavy (non-hydrogen) atoms. The molecule has 1 aromatic carbocycles. The first kappa shape index (κ1) is 35.7. The van der Waals surface area contributed by atoms with Crippen LogP contribution in [-0.4, -0.2) is 61.7 Å². The van der Waals surface area contributed by atoms with Crippen molar-refractivity contribution in [1.82, 2.24) is 14.7 Å². The molecule has 1 aromatic heterocycles. The lowest BCUT2D eigenvalue weighted by Crippen LogP contribution is -2.47. The number of aromatic nitrogens is 2. The molecule has 1 aliphatic heterocycles. The zero-order chi connectivity index (χ0) is 33.5. The zero-order valence-corrected chi connectivity index (χ0v) is 28.5. The number of hydrogen-bond acceptors (Lipinski definition) is 6. The topological polar surface area (TPSA) is 109 Å². The lowest BCUT2D eigenvalue weighted by molar-refractivity contribution is -0.155. The van der Waals surface area contributed by atoms with Gasteiger partial charge in [0.1, 0.15) is 11.3 Å². The normalized spacial score (nSPS) is 16.3. The van der Waals surface area contributed by atoms with E-state index >= 15 is 0 Å². The molecule has 0 radical (unpaired) electrons. The predicted molar refractivity (Wildman–Crippen MR) is 182 cm³/mol. The first-order valence-electron chi connectivity index (χ1n) is 16.1. The van der Waals surface area contributed by atoms with Gasteiger partial charge in [0.25, 0.3) is 5.91 Å². The maximum absolute atomic E-state index is 13.3. The lowest BCUT2D eigenvalue weighted by atomic mass is 9.87. The molecule has 8 nitrogen and oxygen atoms in total. The Kier molecular flexibility index (Phi) is 11.9. The van der Waals surface area contributed by atoms with Gasteiger partial charge in [0.15, 0.2) is 0 Å². The molecule has 2 heterocycles. The van der Waals surface area contributed by atoms with Crippen LogP contribution in [0.15, 0.2) is 54.9 Å². The number of ether oxygens (including phenoxy) is 1. The summed E-state index contributed by atoms with van der Waals surface area (Å²) < 4.78 is 7.43. The van der Waals surface area contributed by atoms with Crippen molar-refractivity contribution >= 4 is 23.2 Å². The highest BCUT2D eigenvalue weighted by atomic mass is 16.6. The third-order valence-electron chi connectivity index (χ3n) is 8.49. The summed E-state index contributed by atoms with van der Waals surface area (Å²) in [5.41, 5.74) is 5.56. The van der Waals surface area contributed by atoms with Crippen molar-refractivity contribution in [3.05, 3.63) is 71.6 Å². The Morgan fingerprint density at radius 3 is 2.49 bits per heavy atom. The quantitative estimate of drug-likeness (QED) is 0.112. The third-order valence-corrected chi connectivity index (χ3v) is 8.49. The van der Waals surface area contributed by atoms with Crippen LogP contribution < -0.4 is 0 Å². The van der Waals surface area contributed by atoms with E-state index in [4.69, 9.17) is 15.2 Å². The molecule has 244 valence electrons. The maximum atomic E-state index is 13.3. The molecular formula is C37H52N4O4. The number of nitrogens with one attached hydrogen (secondary N) is 1. The fourth-order valence-electron chi connectivity index (χ4n) is 5.87. The van der Waals surface area contributed by atoms with Crippen LogP contribution in [0.25, 0.3) is 16.7 Å². The van der Waals surface area contributed by atoms with E-state index in [0.29, 0.717) is 44.3 Å². The Morgan fingerprint density at radius 2 is 1.91 bits per heavy atom. The van der Waals surface area contributed by atoms with Gasteiger partial charge in [0.2, 0.25) is 0 Å². The van der Waals surface area contributed by atoms with Gasteiger partial charge in [0.05, 0.1) is 17.8 Å². The van der Waals surface area contributed by atoms with Crippen LogP contribution in [0.1, 0.15) is 103 Å². The minimum absolute atomic E-state index is 0.0422. The molecule has 2 N–H and O–H groups in total. The van der Waals surface area contributed by atoms with Crippen LogP contribution in [0, 0.1) is 12.3 Å². The summed E-state index contributed by atoms with van der Waals surface area (Å²) in [5, 5.41) is 23.8. The van der Waals surface area contributed by atoms with Gasteiger partial charge in [-0.2, -0.15) is 5.10 Å². The summed E-state index contributed by atoms with van der Waals surface area (Å²) in [6, 6.07) is 4.23. The van der Waals surface area contributed by atoms with Crippen LogP contribution in [-0.2, 0) is 20.7 Å². The minimum Gasteiger partial charge on any atom is -0.460 e. The second kappa shape index (κ2) is 15.0. The fraction of sp³-hybridized carbons (Fsp3) is 0.514.